The van der Waals surface area contributed by atoms with Crippen LogP contribution in [0.2, 0.25) is 0 Å². The summed E-state index contributed by atoms with van der Waals surface area (Å²) in [5.41, 5.74) is 4.03. The zero-order valence-corrected chi connectivity index (χ0v) is 17.8. The van der Waals surface area contributed by atoms with E-state index in [0.717, 1.165) is 22.5 Å². The van der Waals surface area contributed by atoms with E-state index in [1.807, 2.05) is 30.9 Å². The number of nitro benzene ring substituents is 1. The van der Waals surface area contributed by atoms with Crippen molar-refractivity contribution < 1.29 is 14.5 Å². The van der Waals surface area contributed by atoms with E-state index < -0.39 is 4.92 Å². The summed E-state index contributed by atoms with van der Waals surface area (Å²) in [5.74, 6) is -0.296. The van der Waals surface area contributed by atoms with Crippen LogP contribution in [0.1, 0.15) is 17.5 Å². The molecule has 0 aromatic heterocycles. The molecule has 4 rings (SSSR count). The first-order valence-corrected chi connectivity index (χ1v) is 10.5. The maximum absolute atomic E-state index is 13.1. The third kappa shape index (κ3) is 4.38. The van der Waals surface area contributed by atoms with Gasteiger partial charge in [-0.25, -0.2) is 0 Å². The van der Waals surface area contributed by atoms with Gasteiger partial charge in [0.25, 0.3) is 5.69 Å². The van der Waals surface area contributed by atoms with Gasteiger partial charge in [0.15, 0.2) is 0 Å². The van der Waals surface area contributed by atoms with Crippen LogP contribution in [-0.4, -0.2) is 54.4 Å². The lowest BCUT2D eigenvalue weighted by molar-refractivity contribution is -0.384. The van der Waals surface area contributed by atoms with Gasteiger partial charge in [-0.3, -0.25) is 19.7 Å². The predicted octanol–water partition coefficient (Wildman–Crippen LogP) is 2.91. The molecule has 2 amide bonds. The molecule has 2 aromatic carbocycles. The minimum Gasteiger partial charge on any atom is -0.368 e. The summed E-state index contributed by atoms with van der Waals surface area (Å²) in [7, 11) is 0. The molecule has 2 aliphatic rings. The number of hydrogen-bond donors (Lipinski definition) is 0. The third-order valence-electron chi connectivity index (χ3n) is 6.01. The fourth-order valence-electron chi connectivity index (χ4n) is 4.46. The van der Waals surface area contributed by atoms with E-state index in [2.05, 4.69) is 11.0 Å². The maximum Gasteiger partial charge on any atom is 0.269 e. The summed E-state index contributed by atoms with van der Waals surface area (Å²) >= 11 is 0. The highest BCUT2D eigenvalue weighted by Crippen LogP contribution is 2.29. The zero-order chi connectivity index (χ0) is 22.1. The lowest BCUT2D eigenvalue weighted by atomic mass is 10.1. The molecule has 0 N–H and O–H groups in total. The molecule has 2 aliphatic heterocycles. The monoisotopic (exact) mass is 422 g/mol. The number of rotatable bonds is 4. The molecule has 0 spiro atoms. The van der Waals surface area contributed by atoms with E-state index in [9.17, 15) is 19.7 Å². The Balaban J connectivity index is 1.36. The van der Waals surface area contributed by atoms with E-state index in [4.69, 9.17) is 0 Å². The molecular formula is C23H26N4O4. The molecule has 2 saturated heterocycles. The first-order valence-electron chi connectivity index (χ1n) is 10.5. The predicted molar refractivity (Wildman–Crippen MR) is 118 cm³/mol. The number of nitrogens with zero attached hydrogens (tertiary/aromatic N) is 4. The number of nitro groups is 1. The summed E-state index contributed by atoms with van der Waals surface area (Å²) < 4.78 is 0. The van der Waals surface area contributed by atoms with Gasteiger partial charge in [0.05, 0.1) is 10.8 Å². The normalized spacial score (nSPS) is 19.1. The highest BCUT2D eigenvalue weighted by atomic mass is 16.6. The van der Waals surface area contributed by atoms with Crippen LogP contribution >= 0.6 is 0 Å². The summed E-state index contributed by atoms with van der Waals surface area (Å²) in [6.07, 6.45) is 0.244. The van der Waals surface area contributed by atoms with Gasteiger partial charge in [-0.15, -0.1) is 0 Å². The van der Waals surface area contributed by atoms with Crippen LogP contribution < -0.4 is 9.80 Å². The van der Waals surface area contributed by atoms with Crippen molar-refractivity contribution in [1.29, 1.82) is 0 Å². The van der Waals surface area contributed by atoms with Crippen LogP contribution in [0.5, 0.6) is 0 Å². The lowest BCUT2D eigenvalue weighted by Gasteiger charge is -2.37. The summed E-state index contributed by atoms with van der Waals surface area (Å²) in [6, 6.07) is 12.5. The van der Waals surface area contributed by atoms with Gasteiger partial charge in [-0.05, 0) is 49.2 Å². The topological polar surface area (TPSA) is 87.0 Å². The molecule has 2 aromatic rings. The Bertz CT molecular complexity index is 992. The van der Waals surface area contributed by atoms with Crippen LogP contribution in [0, 0.1) is 29.9 Å². The van der Waals surface area contributed by atoms with Gasteiger partial charge in [-0.2, -0.15) is 0 Å². The summed E-state index contributed by atoms with van der Waals surface area (Å²) in [6.45, 7) is 6.89. The fraction of sp³-hybridized carbons (Fsp3) is 0.391. The van der Waals surface area contributed by atoms with Crippen LogP contribution in [-0.2, 0) is 9.59 Å². The first-order chi connectivity index (χ1) is 14.8. The van der Waals surface area contributed by atoms with Gasteiger partial charge in [-0.1, -0.05) is 6.07 Å². The molecule has 0 aliphatic carbocycles. The van der Waals surface area contributed by atoms with Crippen molar-refractivity contribution in [3.8, 4) is 0 Å². The summed E-state index contributed by atoms with van der Waals surface area (Å²) in [4.78, 5) is 41.8. The molecule has 162 valence electrons. The van der Waals surface area contributed by atoms with Crippen LogP contribution in [0.15, 0.2) is 42.5 Å². The third-order valence-corrected chi connectivity index (χ3v) is 6.01. The summed E-state index contributed by atoms with van der Waals surface area (Å²) in [5, 5.41) is 10.8. The van der Waals surface area contributed by atoms with E-state index in [1.165, 1.54) is 12.1 Å². The molecule has 8 nitrogen and oxygen atoms in total. The second-order valence-electron chi connectivity index (χ2n) is 8.34. The number of amides is 2. The fourth-order valence-corrected chi connectivity index (χ4v) is 4.46. The quantitative estimate of drug-likeness (QED) is 0.559. The molecule has 2 heterocycles. The molecule has 0 bridgehead atoms. The number of piperazine rings is 1. The van der Waals surface area contributed by atoms with Gasteiger partial charge in [0.1, 0.15) is 0 Å². The van der Waals surface area contributed by atoms with E-state index in [0.29, 0.717) is 32.7 Å². The minimum atomic E-state index is -0.412. The van der Waals surface area contributed by atoms with Crippen molar-refractivity contribution in [3.05, 3.63) is 63.7 Å². The van der Waals surface area contributed by atoms with Crippen LogP contribution in [0.3, 0.4) is 0 Å². The second-order valence-corrected chi connectivity index (χ2v) is 8.34. The molecular weight excluding hydrogens is 396 g/mol. The van der Waals surface area contributed by atoms with Crippen molar-refractivity contribution >= 4 is 28.9 Å². The molecule has 1 unspecified atom stereocenters. The standard InChI is InChI=1S/C23H26N4O4/c1-16-11-17(2)13-21(12-16)26-15-18(14-22(26)28)23(29)25-9-7-24(8-10-25)19-3-5-20(6-4-19)27(30)31/h3-6,11-13,18H,7-10,14-15H2,1-2H3. The van der Waals surface area contributed by atoms with E-state index in [-0.39, 0.29) is 29.8 Å². The Kier molecular flexibility index (Phi) is 5.63. The average molecular weight is 422 g/mol. The van der Waals surface area contributed by atoms with Crippen molar-refractivity contribution in [1.82, 2.24) is 4.90 Å². The molecule has 0 saturated carbocycles. The Labute approximate surface area is 181 Å². The zero-order valence-electron chi connectivity index (χ0n) is 17.8. The highest BCUT2D eigenvalue weighted by Gasteiger charge is 2.38. The van der Waals surface area contributed by atoms with Gasteiger partial charge < -0.3 is 14.7 Å². The average Bonchev–Trinajstić information content (AvgIpc) is 3.14. The highest BCUT2D eigenvalue weighted by molar-refractivity contribution is 6.00. The Morgan fingerprint density at radius 2 is 1.58 bits per heavy atom. The molecule has 0 radical (unpaired) electrons. The lowest BCUT2D eigenvalue weighted by Crippen LogP contribution is -2.50. The van der Waals surface area contributed by atoms with Crippen LogP contribution in [0.4, 0.5) is 17.1 Å². The van der Waals surface area contributed by atoms with Crippen molar-refractivity contribution in [2.75, 3.05) is 42.5 Å². The number of aryl methyl sites for hydroxylation is 2. The second kappa shape index (κ2) is 8.37. The van der Waals surface area contributed by atoms with Gasteiger partial charge in [0, 0.05) is 62.7 Å². The van der Waals surface area contributed by atoms with Crippen molar-refractivity contribution in [2.24, 2.45) is 5.92 Å². The molecule has 1 atom stereocenters. The number of carbonyl (C=O) groups excluding carboxylic acids is 2. The van der Waals surface area contributed by atoms with Gasteiger partial charge in [0.2, 0.25) is 11.8 Å². The number of non-ortho nitro benzene ring substituents is 1. The van der Waals surface area contributed by atoms with Crippen molar-refractivity contribution in [2.45, 2.75) is 20.3 Å². The largest absolute Gasteiger partial charge is 0.368 e. The Hall–Kier alpha value is -3.42. The Morgan fingerprint density at radius 1 is 0.968 bits per heavy atom. The van der Waals surface area contributed by atoms with E-state index >= 15 is 0 Å². The van der Waals surface area contributed by atoms with Crippen molar-refractivity contribution in [3.63, 3.8) is 0 Å². The molecule has 2 fully saturated rings. The number of anilines is 2. The number of hydrogen-bond acceptors (Lipinski definition) is 5. The minimum absolute atomic E-state index is 0.00661. The SMILES string of the molecule is Cc1cc(C)cc(N2CC(C(=O)N3CCN(c4ccc([N+](=O)[O-])cc4)CC3)CC2=O)c1. The molecule has 31 heavy (non-hydrogen) atoms. The van der Waals surface area contributed by atoms with Gasteiger partial charge >= 0.3 is 0 Å². The number of carbonyl (C=O) groups is 2. The Morgan fingerprint density at radius 3 is 2.16 bits per heavy atom. The van der Waals surface area contributed by atoms with Crippen LogP contribution in [0.25, 0.3) is 0 Å². The van der Waals surface area contributed by atoms with E-state index in [1.54, 1.807) is 17.0 Å². The smallest absolute Gasteiger partial charge is 0.269 e. The maximum atomic E-state index is 13.1. The molecule has 8 heteroatoms. The number of benzene rings is 2. The first kappa shape index (κ1) is 20.8.